The van der Waals surface area contributed by atoms with E-state index in [-0.39, 0.29) is 0 Å². The fraction of sp³-hybridized carbons (Fsp3) is 0.174. The van der Waals surface area contributed by atoms with Crippen molar-refractivity contribution in [2.75, 3.05) is 11.9 Å². The predicted molar refractivity (Wildman–Crippen MR) is 113 cm³/mol. The van der Waals surface area contributed by atoms with Gasteiger partial charge in [-0.05, 0) is 62.4 Å². The maximum Gasteiger partial charge on any atom is 0.325 e. The Bertz CT molecular complexity index is 1120. The second-order valence-electron chi connectivity index (χ2n) is 7.34. The number of amides is 4. The van der Waals surface area contributed by atoms with E-state index < -0.39 is 29.9 Å². The van der Waals surface area contributed by atoms with Crippen molar-refractivity contribution in [3.8, 4) is 11.5 Å². The molecular weight excluding hydrogens is 398 g/mol. The summed E-state index contributed by atoms with van der Waals surface area (Å²) in [6.07, 6.45) is 0. The molecule has 0 spiro atoms. The van der Waals surface area contributed by atoms with Crippen LogP contribution < -0.4 is 15.4 Å². The normalized spacial score (nSPS) is 18.1. The Morgan fingerprint density at radius 2 is 1.71 bits per heavy atom. The quantitative estimate of drug-likeness (QED) is 0.592. The number of hydrogen-bond donors (Lipinski definition) is 2. The van der Waals surface area contributed by atoms with E-state index in [2.05, 4.69) is 10.6 Å². The van der Waals surface area contributed by atoms with E-state index in [1.54, 1.807) is 50.2 Å². The molecule has 1 aromatic heterocycles. The molecule has 1 aliphatic heterocycles. The Morgan fingerprint density at radius 1 is 1.03 bits per heavy atom. The average molecular weight is 419 g/mol. The Morgan fingerprint density at radius 3 is 2.35 bits per heavy atom. The number of benzene rings is 2. The molecule has 0 aliphatic carbocycles. The summed E-state index contributed by atoms with van der Waals surface area (Å²) < 4.78 is 11.2. The van der Waals surface area contributed by atoms with Gasteiger partial charge in [0.15, 0.2) is 5.54 Å². The number of aryl methyl sites for hydroxylation is 1. The average Bonchev–Trinajstić information content (AvgIpc) is 3.28. The number of nitrogens with zero attached hydrogens (tertiary/aromatic N) is 1. The Balaban J connectivity index is 1.38. The fourth-order valence-corrected chi connectivity index (χ4v) is 3.29. The summed E-state index contributed by atoms with van der Waals surface area (Å²) in [5.41, 5.74) is -0.830. The van der Waals surface area contributed by atoms with Crippen molar-refractivity contribution in [3.05, 3.63) is 78.3 Å². The first-order valence-electron chi connectivity index (χ1n) is 9.69. The molecule has 2 N–H and O–H groups in total. The summed E-state index contributed by atoms with van der Waals surface area (Å²) in [5.74, 6) is 1.21. The first kappa shape index (κ1) is 20.2. The number of ether oxygens (including phenoxy) is 1. The second-order valence-corrected chi connectivity index (χ2v) is 7.34. The number of imide groups is 1. The molecule has 3 aromatic rings. The minimum atomic E-state index is -1.35. The molecular formula is C23H21N3O5. The number of urea groups is 1. The van der Waals surface area contributed by atoms with Crippen molar-refractivity contribution in [1.29, 1.82) is 0 Å². The van der Waals surface area contributed by atoms with E-state index >= 15 is 0 Å². The number of furan rings is 1. The highest BCUT2D eigenvalue weighted by Gasteiger charge is 2.51. The molecule has 1 aliphatic rings. The zero-order valence-corrected chi connectivity index (χ0v) is 17.0. The molecule has 2 aromatic carbocycles. The molecule has 8 heteroatoms. The SMILES string of the molecule is Cc1ccc(C2(C)NC(=O)N(CC(=O)Nc3ccc(Oc4ccccc4)cc3)C2=O)o1. The van der Waals surface area contributed by atoms with Gasteiger partial charge in [-0.25, -0.2) is 4.79 Å². The monoisotopic (exact) mass is 419 g/mol. The van der Waals surface area contributed by atoms with E-state index in [1.807, 2.05) is 30.3 Å². The summed E-state index contributed by atoms with van der Waals surface area (Å²) in [4.78, 5) is 38.5. The van der Waals surface area contributed by atoms with Gasteiger partial charge in [0.1, 0.15) is 29.6 Å². The smallest absolute Gasteiger partial charge is 0.325 e. The third-order valence-corrected chi connectivity index (χ3v) is 4.93. The van der Waals surface area contributed by atoms with Crippen LogP contribution in [0.3, 0.4) is 0 Å². The summed E-state index contributed by atoms with van der Waals surface area (Å²) >= 11 is 0. The maximum atomic E-state index is 12.8. The summed E-state index contributed by atoms with van der Waals surface area (Å²) in [6, 6.07) is 18.8. The van der Waals surface area contributed by atoms with E-state index in [4.69, 9.17) is 9.15 Å². The number of anilines is 1. The summed E-state index contributed by atoms with van der Waals surface area (Å²) in [6.45, 7) is 2.88. The molecule has 1 fully saturated rings. The molecule has 4 amide bonds. The van der Waals surface area contributed by atoms with E-state index in [0.717, 1.165) is 4.90 Å². The highest BCUT2D eigenvalue weighted by molar-refractivity contribution is 6.10. The van der Waals surface area contributed by atoms with Gasteiger partial charge >= 0.3 is 6.03 Å². The largest absolute Gasteiger partial charge is 0.463 e. The van der Waals surface area contributed by atoms with Crippen LogP contribution in [-0.2, 0) is 15.1 Å². The van der Waals surface area contributed by atoms with Crippen LogP contribution in [0, 0.1) is 6.92 Å². The highest BCUT2D eigenvalue weighted by atomic mass is 16.5. The standard InChI is InChI=1S/C23H21N3O5/c1-15-8-13-19(30-15)23(2)21(28)26(22(29)25-23)14-20(27)24-16-9-11-18(12-10-16)31-17-6-4-3-5-7-17/h3-13H,14H2,1-2H3,(H,24,27)(H,25,29). The number of carbonyl (C=O) groups excluding carboxylic acids is 3. The van der Waals surface area contributed by atoms with Crippen LogP contribution in [0.15, 0.2) is 71.1 Å². The van der Waals surface area contributed by atoms with Gasteiger partial charge in [-0.2, -0.15) is 0 Å². The van der Waals surface area contributed by atoms with Crippen molar-refractivity contribution in [2.24, 2.45) is 0 Å². The van der Waals surface area contributed by atoms with Gasteiger partial charge in [-0.3, -0.25) is 14.5 Å². The lowest BCUT2D eigenvalue weighted by Gasteiger charge is -2.19. The molecule has 1 atom stereocenters. The van der Waals surface area contributed by atoms with Crippen LogP contribution in [0.4, 0.5) is 10.5 Å². The number of carbonyl (C=O) groups is 3. The topological polar surface area (TPSA) is 101 Å². The van der Waals surface area contributed by atoms with E-state index in [1.165, 1.54) is 0 Å². The highest BCUT2D eigenvalue weighted by Crippen LogP contribution is 2.30. The minimum Gasteiger partial charge on any atom is -0.463 e. The first-order valence-corrected chi connectivity index (χ1v) is 9.69. The summed E-state index contributed by atoms with van der Waals surface area (Å²) in [5, 5.41) is 5.29. The molecule has 0 radical (unpaired) electrons. The van der Waals surface area contributed by atoms with Crippen molar-refractivity contribution in [1.82, 2.24) is 10.2 Å². The van der Waals surface area contributed by atoms with E-state index in [9.17, 15) is 14.4 Å². The van der Waals surface area contributed by atoms with Gasteiger partial charge in [-0.15, -0.1) is 0 Å². The molecule has 158 valence electrons. The molecule has 2 heterocycles. The molecule has 0 bridgehead atoms. The van der Waals surface area contributed by atoms with Crippen LogP contribution in [0.1, 0.15) is 18.4 Å². The maximum absolute atomic E-state index is 12.8. The molecule has 1 saturated heterocycles. The van der Waals surface area contributed by atoms with Crippen molar-refractivity contribution in [3.63, 3.8) is 0 Å². The van der Waals surface area contributed by atoms with Gasteiger partial charge in [0.2, 0.25) is 5.91 Å². The van der Waals surface area contributed by atoms with Crippen LogP contribution in [-0.4, -0.2) is 29.3 Å². The molecule has 0 saturated carbocycles. The van der Waals surface area contributed by atoms with Gasteiger partial charge < -0.3 is 19.8 Å². The Hall–Kier alpha value is -4.07. The van der Waals surface area contributed by atoms with Crippen LogP contribution in [0.2, 0.25) is 0 Å². The number of nitrogens with one attached hydrogen (secondary N) is 2. The first-order chi connectivity index (χ1) is 14.8. The predicted octanol–water partition coefficient (Wildman–Crippen LogP) is 3.79. The minimum absolute atomic E-state index is 0.320. The molecule has 1 unspecified atom stereocenters. The van der Waals surface area contributed by atoms with Crippen LogP contribution in [0.25, 0.3) is 0 Å². The van der Waals surface area contributed by atoms with Gasteiger partial charge in [0.05, 0.1) is 0 Å². The summed E-state index contributed by atoms with van der Waals surface area (Å²) in [7, 11) is 0. The lowest BCUT2D eigenvalue weighted by atomic mass is 9.99. The van der Waals surface area contributed by atoms with Crippen molar-refractivity contribution in [2.45, 2.75) is 19.4 Å². The number of para-hydroxylation sites is 1. The fourth-order valence-electron chi connectivity index (χ4n) is 3.29. The number of hydrogen-bond acceptors (Lipinski definition) is 5. The zero-order valence-electron chi connectivity index (χ0n) is 17.0. The van der Waals surface area contributed by atoms with Crippen LogP contribution in [0.5, 0.6) is 11.5 Å². The third-order valence-electron chi connectivity index (χ3n) is 4.93. The second kappa shape index (κ2) is 7.98. The zero-order chi connectivity index (χ0) is 22.0. The Kier molecular flexibility index (Phi) is 5.21. The van der Waals surface area contributed by atoms with Gasteiger partial charge in [-0.1, -0.05) is 18.2 Å². The van der Waals surface area contributed by atoms with Crippen LogP contribution >= 0.6 is 0 Å². The van der Waals surface area contributed by atoms with Gasteiger partial charge in [0, 0.05) is 5.69 Å². The third kappa shape index (κ3) is 4.13. The van der Waals surface area contributed by atoms with E-state index in [0.29, 0.717) is 28.7 Å². The van der Waals surface area contributed by atoms with Crippen molar-refractivity contribution >= 4 is 23.5 Å². The molecule has 4 rings (SSSR count). The molecule has 31 heavy (non-hydrogen) atoms. The number of rotatable bonds is 6. The Labute approximate surface area is 178 Å². The van der Waals surface area contributed by atoms with Crippen molar-refractivity contribution < 1.29 is 23.5 Å². The molecule has 8 nitrogen and oxygen atoms in total. The van der Waals surface area contributed by atoms with Gasteiger partial charge in [0.25, 0.3) is 5.91 Å². The lowest BCUT2D eigenvalue weighted by Crippen LogP contribution is -2.41. The lowest BCUT2D eigenvalue weighted by molar-refractivity contribution is -0.134.